The van der Waals surface area contributed by atoms with Crippen molar-refractivity contribution in [3.63, 3.8) is 0 Å². The van der Waals surface area contributed by atoms with Crippen molar-refractivity contribution < 1.29 is 19.0 Å². The molecule has 0 spiro atoms. The molecule has 140 valence electrons. The molecule has 0 saturated carbocycles. The molecule has 0 radical (unpaired) electrons. The van der Waals surface area contributed by atoms with E-state index in [-0.39, 0.29) is 12.1 Å². The van der Waals surface area contributed by atoms with E-state index in [2.05, 4.69) is 11.9 Å². The van der Waals surface area contributed by atoms with Crippen LogP contribution in [-0.2, 0) is 4.74 Å². The minimum atomic E-state index is -0.324. The summed E-state index contributed by atoms with van der Waals surface area (Å²) in [6.07, 6.45) is 4.76. The second kappa shape index (κ2) is 10.4. The highest BCUT2D eigenvalue weighted by Gasteiger charge is 2.12. The summed E-state index contributed by atoms with van der Waals surface area (Å²) in [5.74, 6) is 1.12. The number of ether oxygens (including phenoxy) is 3. The van der Waals surface area contributed by atoms with Crippen molar-refractivity contribution >= 4 is 5.97 Å². The van der Waals surface area contributed by atoms with Gasteiger partial charge in [0.1, 0.15) is 24.2 Å². The van der Waals surface area contributed by atoms with E-state index in [0.717, 1.165) is 30.7 Å². The Labute approximate surface area is 155 Å². The Morgan fingerprint density at radius 3 is 2.42 bits per heavy atom. The van der Waals surface area contributed by atoms with Crippen LogP contribution in [0.2, 0.25) is 0 Å². The normalized spacial score (nSPS) is 11.7. The number of unbranched alkanes of at least 4 members (excludes halogenated alkanes) is 1. The second-order valence-electron chi connectivity index (χ2n) is 6.07. The smallest absolute Gasteiger partial charge is 0.338 e. The lowest BCUT2D eigenvalue weighted by Gasteiger charge is -2.19. The summed E-state index contributed by atoms with van der Waals surface area (Å²) in [6, 6.07) is 10.8. The Bertz CT molecular complexity index is 667. The van der Waals surface area contributed by atoms with E-state index in [1.807, 2.05) is 19.1 Å². The van der Waals surface area contributed by atoms with E-state index >= 15 is 0 Å². The van der Waals surface area contributed by atoms with Gasteiger partial charge in [-0.3, -0.25) is 4.98 Å². The van der Waals surface area contributed by atoms with E-state index in [1.54, 1.807) is 37.4 Å². The molecule has 2 rings (SSSR count). The van der Waals surface area contributed by atoms with Crippen LogP contribution in [0.1, 0.15) is 49.2 Å². The van der Waals surface area contributed by atoms with Gasteiger partial charge >= 0.3 is 5.97 Å². The minimum Gasteiger partial charge on any atom is -0.490 e. The number of carbonyl (C=O) groups is 1. The molecular formula is C21H27NO4. The quantitative estimate of drug-likeness (QED) is 0.582. The van der Waals surface area contributed by atoms with Gasteiger partial charge in [-0.1, -0.05) is 13.3 Å². The summed E-state index contributed by atoms with van der Waals surface area (Å²) in [4.78, 5) is 15.9. The number of nitrogens with zero attached hydrogens (tertiary/aromatic N) is 1. The third kappa shape index (κ3) is 6.39. The standard InChI is InChI=1S/C21H27NO4/c1-4-6-7-20(26-19-11-8-16(3)22-14-19)15-25-18-12-9-17(10-13-18)21(23)24-5-2/h8-14,20H,4-7,15H2,1-3H3. The van der Waals surface area contributed by atoms with Crippen molar-refractivity contribution in [2.24, 2.45) is 0 Å². The molecule has 1 unspecified atom stereocenters. The largest absolute Gasteiger partial charge is 0.490 e. The fraction of sp³-hybridized carbons (Fsp3) is 0.429. The molecule has 0 saturated heterocycles. The number of carbonyl (C=O) groups excluding carboxylic acids is 1. The lowest BCUT2D eigenvalue weighted by Crippen LogP contribution is -2.25. The van der Waals surface area contributed by atoms with Gasteiger partial charge in [0.25, 0.3) is 0 Å². The highest BCUT2D eigenvalue weighted by atomic mass is 16.5. The first-order valence-electron chi connectivity index (χ1n) is 9.11. The van der Waals surface area contributed by atoms with Crippen LogP contribution in [0.4, 0.5) is 0 Å². The van der Waals surface area contributed by atoms with Crippen LogP contribution in [0, 0.1) is 6.92 Å². The van der Waals surface area contributed by atoms with Gasteiger partial charge < -0.3 is 14.2 Å². The number of benzene rings is 1. The van der Waals surface area contributed by atoms with Crippen LogP contribution >= 0.6 is 0 Å². The van der Waals surface area contributed by atoms with E-state index in [0.29, 0.717) is 24.5 Å². The van der Waals surface area contributed by atoms with Gasteiger partial charge in [0, 0.05) is 5.69 Å². The fourth-order valence-corrected chi connectivity index (χ4v) is 2.42. The summed E-state index contributed by atoms with van der Waals surface area (Å²) >= 11 is 0. The second-order valence-corrected chi connectivity index (χ2v) is 6.07. The van der Waals surface area contributed by atoms with Crippen molar-refractivity contribution in [2.75, 3.05) is 13.2 Å². The number of rotatable bonds is 10. The van der Waals surface area contributed by atoms with Gasteiger partial charge in [-0.05, 0) is 63.1 Å². The summed E-state index contributed by atoms with van der Waals surface area (Å²) in [6.45, 7) is 6.68. The van der Waals surface area contributed by atoms with Gasteiger partial charge in [-0.25, -0.2) is 4.79 Å². The molecule has 0 aliphatic carbocycles. The monoisotopic (exact) mass is 357 g/mol. The maximum absolute atomic E-state index is 11.7. The van der Waals surface area contributed by atoms with Crippen molar-refractivity contribution in [1.29, 1.82) is 0 Å². The zero-order valence-electron chi connectivity index (χ0n) is 15.7. The molecule has 0 fully saturated rings. The number of hydrogen-bond acceptors (Lipinski definition) is 5. The average molecular weight is 357 g/mol. The summed E-state index contributed by atoms with van der Waals surface area (Å²) in [5, 5.41) is 0. The molecule has 1 atom stereocenters. The molecular weight excluding hydrogens is 330 g/mol. The van der Waals surface area contributed by atoms with Crippen LogP contribution in [0.25, 0.3) is 0 Å². The van der Waals surface area contributed by atoms with E-state index in [1.165, 1.54) is 0 Å². The highest BCUT2D eigenvalue weighted by molar-refractivity contribution is 5.89. The third-order valence-corrected chi connectivity index (χ3v) is 3.87. The Kier molecular flexibility index (Phi) is 7.93. The van der Waals surface area contributed by atoms with E-state index < -0.39 is 0 Å². The molecule has 0 bridgehead atoms. The highest BCUT2D eigenvalue weighted by Crippen LogP contribution is 2.17. The molecule has 0 amide bonds. The molecule has 1 aromatic carbocycles. The Morgan fingerprint density at radius 2 is 1.81 bits per heavy atom. The third-order valence-electron chi connectivity index (χ3n) is 3.87. The van der Waals surface area contributed by atoms with E-state index in [9.17, 15) is 4.79 Å². The Balaban J connectivity index is 1.93. The van der Waals surface area contributed by atoms with Gasteiger partial charge in [0.05, 0.1) is 18.4 Å². The predicted molar refractivity (Wildman–Crippen MR) is 101 cm³/mol. The van der Waals surface area contributed by atoms with Crippen molar-refractivity contribution in [1.82, 2.24) is 4.98 Å². The van der Waals surface area contributed by atoms with Crippen LogP contribution in [-0.4, -0.2) is 30.3 Å². The number of aryl methyl sites for hydroxylation is 1. The lowest BCUT2D eigenvalue weighted by atomic mass is 10.1. The fourth-order valence-electron chi connectivity index (χ4n) is 2.42. The first-order valence-corrected chi connectivity index (χ1v) is 9.11. The van der Waals surface area contributed by atoms with Crippen molar-refractivity contribution in [3.05, 3.63) is 53.9 Å². The number of hydrogen-bond donors (Lipinski definition) is 0. The van der Waals surface area contributed by atoms with Crippen LogP contribution in [0.3, 0.4) is 0 Å². The number of pyridine rings is 1. The van der Waals surface area contributed by atoms with Crippen LogP contribution in [0.5, 0.6) is 11.5 Å². The first-order chi connectivity index (χ1) is 12.6. The molecule has 5 nitrogen and oxygen atoms in total. The van der Waals surface area contributed by atoms with Gasteiger partial charge in [0.2, 0.25) is 0 Å². The lowest BCUT2D eigenvalue weighted by molar-refractivity contribution is 0.0526. The zero-order valence-corrected chi connectivity index (χ0v) is 15.7. The Hall–Kier alpha value is -2.56. The first kappa shape index (κ1) is 19.8. The molecule has 1 heterocycles. The van der Waals surface area contributed by atoms with E-state index in [4.69, 9.17) is 14.2 Å². The zero-order chi connectivity index (χ0) is 18.8. The number of aromatic nitrogens is 1. The molecule has 0 aliphatic heterocycles. The van der Waals surface area contributed by atoms with Gasteiger partial charge in [-0.2, -0.15) is 0 Å². The molecule has 26 heavy (non-hydrogen) atoms. The molecule has 2 aromatic rings. The van der Waals surface area contributed by atoms with Crippen LogP contribution in [0.15, 0.2) is 42.6 Å². The predicted octanol–water partition coefficient (Wildman–Crippen LogP) is 4.58. The Morgan fingerprint density at radius 1 is 1.08 bits per heavy atom. The topological polar surface area (TPSA) is 57.7 Å². The summed E-state index contributed by atoms with van der Waals surface area (Å²) in [7, 11) is 0. The summed E-state index contributed by atoms with van der Waals surface area (Å²) in [5.41, 5.74) is 1.48. The average Bonchev–Trinajstić information content (AvgIpc) is 2.66. The number of esters is 1. The SMILES string of the molecule is CCCCC(COc1ccc(C(=O)OCC)cc1)Oc1ccc(C)nc1. The van der Waals surface area contributed by atoms with Crippen molar-refractivity contribution in [3.8, 4) is 11.5 Å². The summed E-state index contributed by atoms with van der Waals surface area (Å²) < 4.78 is 16.9. The maximum Gasteiger partial charge on any atom is 0.338 e. The molecule has 1 aromatic heterocycles. The minimum absolute atomic E-state index is 0.0517. The van der Waals surface area contributed by atoms with Gasteiger partial charge in [-0.15, -0.1) is 0 Å². The molecule has 0 aliphatic rings. The van der Waals surface area contributed by atoms with Gasteiger partial charge in [0.15, 0.2) is 0 Å². The van der Waals surface area contributed by atoms with Crippen molar-refractivity contribution in [2.45, 2.75) is 46.1 Å². The maximum atomic E-state index is 11.7. The molecule has 0 N–H and O–H groups in total. The molecule has 5 heteroatoms. The van der Waals surface area contributed by atoms with Crippen LogP contribution < -0.4 is 9.47 Å².